The van der Waals surface area contributed by atoms with E-state index in [9.17, 15) is 4.79 Å². The summed E-state index contributed by atoms with van der Waals surface area (Å²) < 4.78 is 0. The van der Waals surface area contributed by atoms with Crippen LogP contribution in [0.3, 0.4) is 0 Å². The van der Waals surface area contributed by atoms with Gasteiger partial charge in [-0.15, -0.1) is 11.3 Å². The molecule has 0 saturated carbocycles. The predicted octanol–water partition coefficient (Wildman–Crippen LogP) is 4.76. The van der Waals surface area contributed by atoms with Crippen LogP contribution in [-0.4, -0.2) is 21.9 Å². The van der Waals surface area contributed by atoms with E-state index >= 15 is 0 Å². The number of thiazole rings is 1. The minimum atomic E-state index is 0.0285. The average Bonchev–Trinajstić information content (AvgIpc) is 3.06. The topological polar surface area (TPSA) is 57.8 Å². The summed E-state index contributed by atoms with van der Waals surface area (Å²) in [6, 6.07) is 3.79. The third kappa shape index (κ3) is 3.36. The second kappa shape index (κ2) is 6.87. The molecule has 2 heterocycles. The quantitative estimate of drug-likeness (QED) is 0.656. The Morgan fingerprint density at radius 2 is 2.19 bits per heavy atom. The van der Waals surface area contributed by atoms with Crippen molar-refractivity contribution in [2.45, 2.75) is 45.6 Å². The second-order valence-electron chi connectivity index (χ2n) is 6.81. The Morgan fingerprint density at radius 3 is 2.92 bits per heavy atom. The lowest BCUT2D eigenvalue weighted by Gasteiger charge is -2.23. The van der Waals surface area contributed by atoms with Crippen LogP contribution in [0.15, 0.2) is 12.1 Å². The van der Waals surface area contributed by atoms with Crippen LogP contribution >= 0.6 is 34.5 Å². The van der Waals surface area contributed by atoms with E-state index in [1.165, 1.54) is 11.3 Å². The lowest BCUT2D eigenvalue weighted by atomic mass is 9.91. The first-order valence-electron chi connectivity index (χ1n) is 8.61. The minimum absolute atomic E-state index is 0.0285. The SMILES string of the molecule is Cc1nc(CC(=O)NC2CCc3[nH]c4cc(Cl)cc(Cl)c4c3C2)c(C)s1. The molecule has 26 heavy (non-hydrogen) atoms. The molecule has 1 unspecified atom stereocenters. The van der Waals surface area contributed by atoms with E-state index < -0.39 is 0 Å². The molecule has 0 bridgehead atoms. The van der Waals surface area contributed by atoms with Gasteiger partial charge < -0.3 is 10.3 Å². The lowest BCUT2D eigenvalue weighted by molar-refractivity contribution is -0.121. The van der Waals surface area contributed by atoms with Crippen molar-refractivity contribution >= 4 is 51.3 Å². The number of hydrogen-bond donors (Lipinski definition) is 2. The largest absolute Gasteiger partial charge is 0.358 e. The van der Waals surface area contributed by atoms with Crippen molar-refractivity contribution < 1.29 is 4.79 Å². The summed E-state index contributed by atoms with van der Waals surface area (Å²) in [6.07, 6.45) is 2.91. The third-order valence-electron chi connectivity index (χ3n) is 4.89. The van der Waals surface area contributed by atoms with Crippen LogP contribution in [-0.2, 0) is 24.1 Å². The number of aromatic nitrogens is 2. The standard InChI is InChI=1S/C19H19Cl2N3OS/c1-9-16(22-10(2)26-9)8-18(25)23-12-3-4-15-13(7-12)19-14(21)5-11(20)6-17(19)24-15/h5-6,12,24H,3-4,7-8H2,1-2H3,(H,23,25). The van der Waals surface area contributed by atoms with Crippen LogP contribution in [0.1, 0.15) is 33.3 Å². The van der Waals surface area contributed by atoms with Crippen molar-refractivity contribution in [2.24, 2.45) is 0 Å². The Kier molecular flexibility index (Phi) is 4.71. The van der Waals surface area contributed by atoms with Crippen molar-refractivity contribution in [3.63, 3.8) is 0 Å². The van der Waals surface area contributed by atoms with E-state index in [4.69, 9.17) is 23.2 Å². The summed E-state index contributed by atoms with van der Waals surface area (Å²) in [5, 5.41) is 6.48. The molecule has 4 rings (SSSR count). The highest BCUT2D eigenvalue weighted by Crippen LogP contribution is 2.35. The summed E-state index contributed by atoms with van der Waals surface area (Å²) in [7, 11) is 0. The molecule has 1 atom stereocenters. The zero-order valence-corrected chi connectivity index (χ0v) is 16.9. The number of halogens is 2. The lowest BCUT2D eigenvalue weighted by Crippen LogP contribution is -2.39. The number of nitrogens with one attached hydrogen (secondary N) is 2. The molecule has 3 aromatic rings. The van der Waals surface area contributed by atoms with Crippen LogP contribution in [0.5, 0.6) is 0 Å². The van der Waals surface area contributed by atoms with Crippen LogP contribution in [0.2, 0.25) is 10.0 Å². The van der Waals surface area contributed by atoms with E-state index in [1.807, 2.05) is 19.9 Å². The van der Waals surface area contributed by atoms with Crippen molar-refractivity contribution in [3.05, 3.63) is 49.0 Å². The van der Waals surface area contributed by atoms with E-state index in [-0.39, 0.29) is 11.9 Å². The number of hydrogen-bond acceptors (Lipinski definition) is 3. The number of aromatic amines is 1. The second-order valence-corrected chi connectivity index (χ2v) is 9.06. The van der Waals surface area contributed by atoms with Crippen molar-refractivity contribution in [1.29, 1.82) is 0 Å². The molecule has 2 N–H and O–H groups in total. The highest BCUT2D eigenvalue weighted by Gasteiger charge is 2.25. The third-order valence-corrected chi connectivity index (χ3v) is 6.34. The molecule has 0 fully saturated rings. The highest BCUT2D eigenvalue weighted by atomic mass is 35.5. The van der Waals surface area contributed by atoms with Gasteiger partial charge in [0.1, 0.15) is 0 Å². The summed E-state index contributed by atoms with van der Waals surface area (Å²) >= 11 is 14.2. The normalized spacial score (nSPS) is 16.7. The molecule has 1 amide bonds. The van der Waals surface area contributed by atoms with Gasteiger partial charge in [-0.05, 0) is 50.8 Å². The van der Waals surface area contributed by atoms with Gasteiger partial charge in [-0.2, -0.15) is 0 Å². The molecule has 4 nitrogen and oxygen atoms in total. The summed E-state index contributed by atoms with van der Waals surface area (Å²) in [6.45, 7) is 3.98. The Hall–Kier alpha value is -1.56. The van der Waals surface area contributed by atoms with Gasteiger partial charge in [0.15, 0.2) is 0 Å². The van der Waals surface area contributed by atoms with Gasteiger partial charge in [-0.25, -0.2) is 4.98 Å². The average molecular weight is 408 g/mol. The van der Waals surface area contributed by atoms with E-state index in [0.717, 1.165) is 45.7 Å². The molecule has 2 aromatic heterocycles. The number of amides is 1. The van der Waals surface area contributed by atoms with E-state index in [1.54, 1.807) is 17.4 Å². The molecule has 0 aliphatic heterocycles. The molecule has 0 radical (unpaired) electrons. The number of fused-ring (bicyclic) bond motifs is 3. The molecule has 0 saturated heterocycles. The van der Waals surface area contributed by atoms with Gasteiger partial charge in [-0.3, -0.25) is 4.79 Å². The van der Waals surface area contributed by atoms with Crippen LogP contribution in [0.4, 0.5) is 0 Å². The molecular formula is C19H19Cl2N3OS. The molecule has 1 aliphatic rings. The van der Waals surface area contributed by atoms with Gasteiger partial charge in [-0.1, -0.05) is 23.2 Å². The highest BCUT2D eigenvalue weighted by molar-refractivity contribution is 7.11. The molecule has 7 heteroatoms. The van der Waals surface area contributed by atoms with Gasteiger partial charge in [0.05, 0.1) is 22.1 Å². The van der Waals surface area contributed by atoms with E-state index in [2.05, 4.69) is 15.3 Å². The minimum Gasteiger partial charge on any atom is -0.358 e. The Balaban J connectivity index is 1.51. The van der Waals surface area contributed by atoms with Gasteiger partial charge in [0.25, 0.3) is 0 Å². The Bertz CT molecular complexity index is 1010. The fraction of sp³-hybridized carbons (Fsp3) is 0.368. The molecular weight excluding hydrogens is 389 g/mol. The summed E-state index contributed by atoms with van der Waals surface area (Å²) in [5.74, 6) is 0.0285. The zero-order chi connectivity index (χ0) is 18.4. The molecule has 1 aromatic carbocycles. The first-order valence-corrected chi connectivity index (χ1v) is 10.2. The Morgan fingerprint density at radius 1 is 1.38 bits per heavy atom. The first kappa shape index (κ1) is 17.8. The predicted molar refractivity (Wildman–Crippen MR) is 108 cm³/mol. The number of aryl methyl sites for hydroxylation is 3. The number of rotatable bonds is 3. The van der Waals surface area contributed by atoms with Crippen molar-refractivity contribution in [3.8, 4) is 0 Å². The van der Waals surface area contributed by atoms with E-state index in [0.29, 0.717) is 16.5 Å². The first-order chi connectivity index (χ1) is 12.4. The van der Waals surface area contributed by atoms with Gasteiger partial charge in [0, 0.05) is 32.5 Å². The van der Waals surface area contributed by atoms with Gasteiger partial charge >= 0.3 is 0 Å². The molecule has 1 aliphatic carbocycles. The summed E-state index contributed by atoms with van der Waals surface area (Å²) in [5.41, 5.74) is 4.24. The number of nitrogens with zero attached hydrogens (tertiary/aromatic N) is 1. The maximum Gasteiger partial charge on any atom is 0.226 e. The van der Waals surface area contributed by atoms with Crippen LogP contribution in [0.25, 0.3) is 10.9 Å². The maximum atomic E-state index is 12.5. The molecule has 0 spiro atoms. The fourth-order valence-corrected chi connectivity index (χ4v) is 5.21. The number of carbonyl (C=O) groups excluding carboxylic acids is 1. The van der Waals surface area contributed by atoms with Crippen molar-refractivity contribution in [1.82, 2.24) is 15.3 Å². The fourth-order valence-electron chi connectivity index (χ4n) is 3.76. The van der Waals surface area contributed by atoms with Gasteiger partial charge in [0.2, 0.25) is 5.91 Å². The van der Waals surface area contributed by atoms with Crippen LogP contribution in [0, 0.1) is 13.8 Å². The Labute approximate surface area is 165 Å². The number of H-pyrrole nitrogens is 1. The summed E-state index contributed by atoms with van der Waals surface area (Å²) in [4.78, 5) is 21.5. The number of carbonyl (C=O) groups is 1. The molecule has 136 valence electrons. The number of benzene rings is 1. The monoisotopic (exact) mass is 407 g/mol. The zero-order valence-electron chi connectivity index (χ0n) is 14.6. The maximum absolute atomic E-state index is 12.5. The van der Waals surface area contributed by atoms with Crippen LogP contribution < -0.4 is 5.32 Å². The smallest absolute Gasteiger partial charge is 0.226 e. The van der Waals surface area contributed by atoms with Crippen molar-refractivity contribution in [2.75, 3.05) is 0 Å².